The van der Waals surface area contributed by atoms with Crippen molar-refractivity contribution in [1.82, 2.24) is 14.9 Å². The number of carbonyl (C=O) groups excluding carboxylic acids is 2. The average molecular weight is 494 g/mol. The van der Waals surface area contributed by atoms with E-state index in [1.165, 1.54) is 0 Å². The van der Waals surface area contributed by atoms with Crippen LogP contribution < -0.4 is 15.0 Å². The number of rotatable bonds is 8. The van der Waals surface area contributed by atoms with Gasteiger partial charge in [0.1, 0.15) is 17.3 Å². The lowest BCUT2D eigenvalue weighted by atomic mass is 10.1. The Labute approximate surface area is 215 Å². The van der Waals surface area contributed by atoms with E-state index in [-0.39, 0.29) is 11.8 Å². The first-order chi connectivity index (χ1) is 17.9. The summed E-state index contributed by atoms with van der Waals surface area (Å²) >= 11 is 0. The van der Waals surface area contributed by atoms with Crippen molar-refractivity contribution < 1.29 is 14.3 Å². The van der Waals surface area contributed by atoms with E-state index in [4.69, 9.17) is 4.74 Å². The molecule has 37 heavy (non-hydrogen) atoms. The fraction of sp³-hybridized carbons (Fsp3) is 0.172. The molecule has 2 aromatic heterocycles. The molecule has 4 aromatic rings. The molecule has 0 spiro atoms. The number of likely N-dealkylation sites (N-methyl/N-ethyl adjacent to an activating group) is 1. The number of hydrogen-bond donors (Lipinski definition) is 1. The maximum atomic E-state index is 12.7. The van der Waals surface area contributed by atoms with E-state index in [0.29, 0.717) is 41.7 Å². The molecule has 0 saturated carbocycles. The molecule has 8 heteroatoms. The molecule has 0 aliphatic rings. The lowest BCUT2D eigenvalue weighted by molar-refractivity contribution is -0.113. The lowest BCUT2D eigenvalue weighted by Crippen LogP contribution is -2.36. The molecule has 0 radical (unpaired) electrons. The summed E-state index contributed by atoms with van der Waals surface area (Å²) in [7, 11) is 3.91. The zero-order valence-corrected chi connectivity index (χ0v) is 20.9. The third-order valence-corrected chi connectivity index (χ3v) is 5.50. The van der Waals surface area contributed by atoms with Gasteiger partial charge in [0.15, 0.2) is 0 Å². The van der Waals surface area contributed by atoms with Crippen LogP contribution in [-0.4, -0.2) is 53.9 Å². The molecule has 1 N–H and O–H groups in total. The standard InChI is InChI=1S/C29H27N5O3/c1-4-7-28(35)34(19-18-33(2)3)22-11-14-25-24(20-22)26(15-17-30-25)37-23-12-9-21(10-13-23)29(36)32-27-8-5-6-16-31-27/h5-6,8-17,20H,18-19H2,1-3H3,(H,31,32,36). The van der Waals surface area contributed by atoms with Crippen molar-refractivity contribution in [2.75, 3.05) is 37.4 Å². The second kappa shape index (κ2) is 11.8. The topological polar surface area (TPSA) is 87.7 Å². The number of hydrogen-bond acceptors (Lipinski definition) is 6. The van der Waals surface area contributed by atoms with Crippen molar-refractivity contribution in [2.45, 2.75) is 6.92 Å². The molecule has 0 bridgehead atoms. The minimum absolute atomic E-state index is 0.262. The Morgan fingerprint density at radius 3 is 2.46 bits per heavy atom. The minimum Gasteiger partial charge on any atom is -0.457 e. The predicted octanol–water partition coefficient (Wildman–Crippen LogP) is 4.59. The van der Waals surface area contributed by atoms with Gasteiger partial charge in [0.2, 0.25) is 0 Å². The fourth-order valence-electron chi connectivity index (χ4n) is 3.61. The van der Waals surface area contributed by atoms with E-state index in [0.717, 1.165) is 10.9 Å². The van der Waals surface area contributed by atoms with Gasteiger partial charge in [0.05, 0.1) is 5.52 Å². The number of amides is 2. The van der Waals surface area contributed by atoms with Gasteiger partial charge in [-0.2, -0.15) is 0 Å². The average Bonchev–Trinajstić information content (AvgIpc) is 2.90. The van der Waals surface area contributed by atoms with Crippen molar-refractivity contribution in [2.24, 2.45) is 0 Å². The van der Waals surface area contributed by atoms with Crippen LogP contribution in [0.2, 0.25) is 0 Å². The number of nitrogens with zero attached hydrogens (tertiary/aromatic N) is 4. The quantitative estimate of drug-likeness (QED) is 0.361. The summed E-state index contributed by atoms with van der Waals surface area (Å²) in [5.41, 5.74) is 1.92. The lowest BCUT2D eigenvalue weighted by Gasteiger charge is -2.23. The molecule has 4 rings (SSSR count). The van der Waals surface area contributed by atoms with Crippen LogP contribution in [0.15, 0.2) is 79.1 Å². The van der Waals surface area contributed by atoms with Gasteiger partial charge in [0.25, 0.3) is 5.91 Å². The Morgan fingerprint density at radius 2 is 1.76 bits per heavy atom. The van der Waals surface area contributed by atoms with Crippen LogP contribution in [0.5, 0.6) is 11.5 Å². The van der Waals surface area contributed by atoms with Gasteiger partial charge in [-0.1, -0.05) is 12.0 Å². The molecule has 0 saturated heterocycles. The summed E-state index contributed by atoms with van der Waals surface area (Å²) in [5.74, 6) is 6.42. The summed E-state index contributed by atoms with van der Waals surface area (Å²) in [6.07, 6.45) is 3.29. The number of aromatic nitrogens is 2. The molecule has 8 nitrogen and oxygen atoms in total. The molecule has 2 amide bonds. The SMILES string of the molecule is CC#CC(=O)N(CCN(C)C)c1ccc2nccc(Oc3ccc(C(=O)Nc4ccccn4)cc3)c2c1. The zero-order chi connectivity index (χ0) is 26.2. The normalized spacial score (nSPS) is 10.5. The van der Waals surface area contributed by atoms with Gasteiger partial charge < -0.3 is 19.9 Å². The van der Waals surface area contributed by atoms with Crippen LogP contribution in [0.1, 0.15) is 17.3 Å². The number of ether oxygens (including phenoxy) is 1. The smallest absolute Gasteiger partial charge is 0.302 e. The Bertz CT molecular complexity index is 1460. The molecule has 0 aliphatic heterocycles. The van der Waals surface area contributed by atoms with E-state index in [1.54, 1.807) is 72.7 Å². The second-order valence-corrected chi connectivity index (χ2v) is 8.44. The number of fused-ring (bicyclic) bond motifs is 1. The van der Waals surface area contributed by atoms with Crippen molar-refractivity contribution in [1.29, 1.82) is 0 Å². The molecule has 186 valence electrons. The monoisotopic (exact) mass is 493 g/mol. The Kier molecular flexibility index (Phi) is 8.08. The van der Waals surface area contributed by atoms with Crippen molar-refractivity contribution in [3.05, 3.63) is 84.7 Å². The van der Waals surface area contributed by atoms with Gasteiger partial charge in [-0.3, -0.25) is 14.6 Å². The summed E-state index contributed by atoms with van der Waals surface area (Å²) < 4.78 is 6.16. The molecule has 0 aliphatic carbocycles. The van der Waals surface area contributed by atoms with Crippen LogP contribution >= 0.6 is 0 Å². The Morgan fingerprint density at radius 1 is 0.946 bits per heavy atom. The molecule has 2 aromatic carbocycles. The third kappa shape index (κ3) is 6.48. The molecule has 0 unspecified atom stereocenters. The largest absolute Gasteiger partial charge is 0.457 e. The number of nitrogens with one attached hydrogen (secondary N) is 1. The maximum absolute atomic E-state index is 12.7. The van der Waals surface area contributed by atoms with Crippen LogP contribution in [0.4, 0.5) is 11.5 Å². The first-order valence-corrected chi connectivity index (χ1v) is 11.7. The second-order valence-electron chi connectivity index (χ2n) is 8.44. The Hall–Kier alpha value is -4.74. The summed E-state index contributed by atoms with van der Waals surface area (Å²) in [6, 6.07) is 19.5. The number of anilines is 2. The summed E-state index contributed by atoms with van der Waals surface area (Å²) in [6.45, 7) is 2.82. The van der Waals surface area contributed by atoms with Crippen LogP contribution in [-0.2, 0) is 4.79 Å². The van der Waals surface area contributed by atoms with Crippen molar-refractivity contribution >= 4 is 34.2 Å². The zero-order valence-electron chi connectivity index (χ0n) is 20.9. The van der Waals surface area contributed by atoms with Gasteiger partial charge in [0, 0.05) is 42.1 Å². The Balaban J connectivity index is 1.57. The summed E-state index contributed by atoms with van der Waals surface area (Å²) in [5, 5.41) is 3.51. The van der Waals surface area contributed by atoms with E-state index < -0.39 is 0 Å². The van der Waals surface area contributed by atoms with E-state index >= 15 is 0 Å². The number of carbonyl (C=O) groups is 2. The first-order valence-electron chi connectivity index (χ1n) is 11.7. The van der Waals surface area contributed by atoms with Gasteiger partial charge in [-0.05, 0) is 87.6 Å². The van der Waals surface area contributed by atoms with Crippen LogP contribution in [0.25, 0.3) is 10.9 Å². The van der Waals surface area contributed by atoms with Gasteiger partial charge in [-0.25, -0.2) is 4.98 Å². The maximum Gasteiger partial charge on any atom is 0.302 e. The molecule has 0 fully saturated rings. The van der Waals surface area contributed by atoms with Crippen molar-refractivity contribution in [3.8, 4) is 23.3 Å². The third-order valence-electron chi connectivity index (χ3n) is 5.50. The van der Waals surface area contributed by atoms with Crippen LogP contribution in [0.3, 0.4) is 0 Å². The highest BCUT2D eigenvalue weighted by atomic mass is 16.5. The van der Waals surface area contributed by atoms with E-state index in [2.05, 4.69) is 27.1 Å². The van der Waals surface area contributed by atoms with Gasteiger partial charge >= 0.3 is 5.91 Å². The molecule has 2 heterocycles. The van der Waals surface area contributed by atoms with Crippen molar-refractivity contribution in [3.63, 3.8) is 0 Å². The van der Waals surface area contributed by atoms with E-state index in [1.807, 2.05) is 37.2 Å². The fourth-order valence-corrected chi connectivity index (χ4v) is 3.61. The molecular weight excluding hydrogens is 466 g/mol. The first kappa shape index (κ1) is 25.4. The highest BCUT2D eigenvalue weighted by Crippen LogP contribution is 2.32. The van der Waals surface area contributed by atoms with Crippen LogP contribution in [0, 0.1) is 11.8 Å². The van der Waals surface area contributed by atoms with Gasteiger partial charge in [-0.15, -0.1) is 0 Å². The predicted molar refractivity (Wildman–Crippen MR) is 145 cm³/mol. The highest BCUT2D eigenvalue weighted by Gasteiger charge is 2.16. The highest BCUT2D eigenvalue weighted by molar-refractivity contribution is 6.07. The van der Waals surface area contributed by atoms with E-state index in [9.17, 15) is 9.59 Å². The molecular formula is C29H27N5O3. The number of benzene rings is 2. The number of pyridine rings is 2. The summed E-state index contributed by atoms with van der Waals surface area (Å²) in [4.78, 5) is 37.4. The minimum atomic E-state index is -0.269. The molecule has 0 atom stereocenters.